The summed E-state index contributed by atoms with van der Waals surface area (Å²) in [6.45, 7) is 2.08. The average molecular weight is 386 g/mol. The molecule has 146 valence electrons. The van der Waals surface area contributed by atoms with E-state index >= 15 is 0 Å². The fourth-order valence-corrected chi connectivity index (χ4v) is 4.05. The van der Waals surface area contributed by atoms with Gasteiger partial charge in [-0.2, -0.15) is 5.10 Å². The summed E-state index contributed by atoms with van der Waals surface area (Å²) in [6.07, 6.45) is 2.02. The van der Waals surface area contributed by atoms with Crippen LogP contribution in [-0.2, 0) is 7.05 Å². The highest BCUT2D eigenvalue weighted by molar-refractivity contribution is 5.99. The number of H-pyrrole nitrogens is 2. The van der Waals surface area contributed by atoms with Gasteiger partial charge in [0.05, 0.1) is 25.6 Å². The molecule has 0 fully saturated rings. The van der Waals surface area contributed by atoms with Crippen LogP contribution in [0.3, 0.4) is 0 Å². The van der Waals surface area contributed by atoms with Gasteiger partial charge in [0.1, 0.15) is 11.5 Å². The molecule has 6 nitrogen and oxygen atoms in total. The van der Waals surface area contributed by atoms with Crippen molar-refractivity contribution >= 4 is 21.8 Å². The Bertz CT molecular complexity index is 1360. The lowest BCUT2D eigenvalue weighted by molar-refractivity contribution is 0.415. The van der Waals surface area contributed by atoms with Gasteiger partial charge in [-0.05, 0) is 43.3 Å². The van der Waals surface area contributed by atoms with Crippen molar-refractivity contribution < 1.29 is 9.47 Å². The zero-order valence-corrected chi connectivity index (χ0v) is 16.8. The molecule has 0 amide bonds. The van der Waals surface area contributed by atoms with Gasteiger partial charge in [-0.3, -0.25) is 4.68 Å². The van der Waals surface area contributed by atoms with Crippen molar-refractivity contribution in [1.29, 1.82) is 0 Å². The first-order chi connectivity index (χ1) is 14.1. The van der Waals surface area contributed by atoms with Gasteiger partial charge in [0.15, 0.2) is 0 Å². The van der Waals surface area contributed by atoms with Crippen molar-refractivity contribution in [2.75, 3.05) is 14.2 Å². The smallest absolute Gasteiger partial charge is 0.120 e. The molecule has 0 saturated carbocycles. The molecular formula is C23H22N4O2. The Morgan fingerprint density at radius 2 is 1.66 bits per heavy atom. The van der Waals surface area contributed by atoms with E-state index in [1.54, 1.807) is 14.2 Å². The molecule has 0 saturated heterocycles. The number of hydrogen-bond acceptors (Lipinski definition) is 3. The van der Waals surface area contributed by atoms with Gasteiger partial charge >= 0.3 is 0 Å². The van der Waals surface area contributed by atoms with Crippen molar-refractivity contribution in [2.24, 2.45) is 7.05 Å². The van der Waals surface area contributed by atoms with E-state index in [-0.39, 0.29) is 0 Å². The largest absolute Gasteiger partial charge is 0.497 e. The second kappa shape index (κ2) is 6.44. The molecule has 3 heterocycles. The lowest BCUT2D eigenvalue weighted by Gasteiger charge is -2.01. The molecule has 5 rings (SSSR count). The molecule has 0 aliphatic heterocycles. The van der Waals surface area contributed by atoms with Gasteiger partial charge in [0.2, 0.25) is 0 Å². The van der Waals surface area contributed by atoms with Crippen LogP contribution in [-0.4, -0.2) is 34.0 Å². The van der Waals surface area contributed by atoms with Gasteiger partial charge in [0, 0.05) is 57.9 Å². The summed E-state index contributed by atoms with van der Waals surface area (Å²) in [6, 6.07) is 14.3. The average Bonchev–Trinajstić information content (AvgIpc) is 3.40. The molecule has 0 radical (unpaired) electrons. The van der Waals surface area contributed by atoms with E-state index in [9.17, 15) is 0 Å². The van der Waals surface area contributed by atoms with Crippen molar-refractivity contribution in [3.8, 4) is 34.0 Å². The van der Waals surface area contributed by atoms with Gasteiger partial charge in [-0.25, -0.2) is 0 Å². The van der Waals surface area contributed by atoms with Crippen LogP contribution < -0.4 is 9.47 Å². The van der Waals surface area contributed by atoms with Gasteiger partial charge < -0.3 is 19.4 Å². The Morgan fingerprint density at radius 3 is 2.45 bits per heavy atom. The number of aromatic nitrogens is 4. The van der Waals surface area contributed by atoms with Crippen LogP contribution >= 0.6 is 0 Å². The van der Waals surface area contributed by atoms with Crippen LogP contribution in [0.25, 0.3) is 44.3 Å². The van der Waals surface area contributed by atoms with Crippen molar-refractivity contribution in [1.82, 2.24) is 19.7 Å². The predicted molar refractivity (Wildman–Crippen MR) is 116 cm³/mol. The van der Waals surface area contributed by atoms with E-state index in [0.717, 1.165) is 61.5 Å². The predicted octanol–water partition coefficient (Wildman–Crippen LogP) is 5.04. The highest BCUT2D eigenvalue weighted by Gasteiger charge is 2.18. The van der Waals surface area contributed by atoms with Crippen LogP contribution in [0.5, 0.6) is 11.5 Å². The SMILES string of the molecule is COc1ccc2c(-c3cc(-c4c(C)[nH]c5ccc(OC)cc45)nn3C)c[nH]c2c1. The fraction of sp³-hybridized carbons (Fsp3) is 0.174. The number of nitrogens with zero attached hydrogens (tertiary/aromatic N) is 2. The molecular weight excluding hydrogens is 364 g/mol. The summed E-state index contributed by atoms with van der Waals surface area (Å²) in [5.41, 5.74) is 7.39. The number of methoxy groups -OCH3 is 2. The number of rotatable bonds is 4. The third-order valence-electron chi connectivity index (χ3n) is 5.49. The number of aryl methyl sites for hydroxylation is 2. The Hall–Kier alpha value is -3.67. The van der Waals surface area contributed by atoms with Crippen LogP contribution in [0.1, 0.15) is 5.69 Å². The molecule has 6 heteroatoms. The summed E-state index contributed by atoms with van der Waals surface area (Å²) in [5.74, 6) is 1.67. The molecule has 2 N–H and O–H groups in total. The molecule has 0 aliphatic rings. The third-order valence-corrected chi connectivity index (χ3v) is 5.49. The Labute approximate surface area is 168 Å². The number of benzene rings is 2. The zero-order chi connectivity index (χ0) is 20.1. The van der Waals surface area contributed by atoms with E-state index < -0.39 is 0 Å². The van der Waals surface area contributed by atoms with E-state index in [0.29, 0.717) is 0 Å². The first-order valence-electron chi connectivity index (χ1n) is 9.45. The maximum Gasteiger partial charge on any atom is 0.120 e. The first-order valence-corrected chi connectivity index (χ1v) is 9.45. The first kappa shape index (κ1) is 17.4. The molecule has 0 aliphatic carbocycles. The van der Waals surface area contributed by atoms with Crippen LogP contribution in [0.4, 0.5) is 0 Å². The second-order valence-electron chi connectivity index (χ2n) is 7.19. The van der Waals surface area contributed by atoms with Gasteiger partial charge in [-0.1, -0.05) is 0 Å². The Kier molecular flexibility index (Phi) is 3.87. The van der Waals surface area contributed by atoms with E-state index in [2.05, 4.69) is 35.1 Å². The molecule has 0 spiro atoms. The fourth-order valence-electron chi connectivity index (χ4n) is 4.05. The van der Waals surface area contributed by atoms with Crippen LogP contribution in [0.15, 0.2) is 48.7 Å². The summed E-state index contributed by atoms with van der Waals surface area (Å²) >= 11 is 0. The molecule has 2 aromatic carbocycles. The molecule has 29 heavy (non-hydrogen) atoms. The summed E-state index contributed by atoms with van der Waals surface area (Å²) < 4.78 is 12.7. The monoisotopic (exact) mass is 386 g/mol. The molecule has 0 bridgehead atoms. The molecule has 0 atom stereocenters. The topological polar surface area (TPSA) is 67.9 Å². The maximum atomic E-state index is 5.42. The van der Waals surface area contributed by atoms with Crippen LogP contribution in [0.2, 0.25) is 0 Å². The standard InChI is InChI=1S/C23H22N4O2/c1-13-23(17-9-14(28-3)6-8-19(17)25-13)21-11-22(27(2)26-21)18-12-24-20-10-15(29-4)5-7-16(18)20/h5-12,24-25H,1-4H3. The molecule has 5 aromatic rings. The minimum atomic E-state index is 0.833. The van der Waals surface area contributed by atoms with Crippen molar-refractivity contribution in [3.63, 3.8) is 0 Å². The maximum absolute atomic E-state index is 5.42. The van der Waals surface area contributed by atoms with Crippen LogP contribution in [0, 0.1) is 6.92 Å². The normalized spacial score (nSPS) is 11.4. The second-order valence-corrected chi connectivity index (χ2v) is 7.19. The minimum absolute atomic E-state index is 0.833. The third kappa shape index (κ3) is 2.68. The summed E-state index contributed by atoms with van der Waals surface area (Å²) in [4.78, 5) is 6.80. The zero-order valence-electron chi connectivity index (χ0n) is 16.8. The number of hydrogen-bond donors (Lipinski definition) is 2. The van der Waals surface area contributed by atoms with Crippen molar-refractivity contribution in [2.45, 2.75) is 6.92 Å². The number of nitrogens with one attached hydrogen (secondary N) is 2. The summed E-state index contributed by atoms with van der Waals surface area (Å²) in [5, 5.41) is 7.08. The van der Waals surface area contributed by atoms with Crippen molar-refractivity contribution in [3.05, 3.63) is 54.4 Å². The highest BCUT2D eigenvalue weighted by Crippen LogP contribution is 2.37. The highest BCUT2D eigenvalue weighted by atomic mass is 16.5. The summed E-state index contributed by atoms with van der Waals surface area (Å²) in [7, 11) is 5.34. The number of aromatic amines is 2. The lowest BCUT2D eigenvalue weighted by atomic mass is 10.1. The van der Waals surface area contributed by atoms with E-state index in [1.165, 1.54) is 0 Å². The lowest BCUT2D eigenvalue weighted by Crippen LogP contribution is -1.93. The van der Waals surface area contributed by atoms with E-state index in [4.69, 9.17) is 14.6 Å². The number of ether oxygens (including phenoxy) is 2. The number of fused-ring (bicyclic) bond motifs is 2. The van der Waals surface area contributed by atoms with Gasteiger partial charge in [-0.15, -0.1) is 0 Å². The Balaban J connectivity index is 1.67. The molecule has 3 aromatic heterocycles. The molecule has 0 unspecified atom stereocenters. The minimum Gasteiger partial charge on any atom is -0.497 e. The quantitative estimate of drug-likeness (QED) is 0.455. The van der Waals surface area contributed by atoms with E-state index in [1.807, 2.05) is 42.2 Å². The Morgan fingerprint density at radius 1 is 0.897 bits per heavy atom. The van der Waals surface area contributed by atoms with Gasteiger partial charge in [0.25, 0.3) is 0 Å².